The van der Waals surface area contributed by atoms with Gasteiger partial charge in [0.05, 0.1) is 19.3 Å². The van der Waals surface area contributed by atoms with Gasteiger partial charge in [0, 0.05) is 31.8 Å². The molecule has 0 aliphatic carbocycles. The van der Waals surface area contributed by atoms with Crippen molar-refractivity contribution in [2.24, 2.45) is 0 Å². The number of ether oxygens (including phenoxy) is 3. The molecule has 0 spiro atoms. The third-order valence-electron chi connectivity index (χ3n) is 4.66. The van der Waals surface area contributed by atoms with Crippen LogP contribution in [0.25, 0.3) is 0 Å². The van der Waals surface area contributed by atoms with Crippen LogP contribution < -0.4 is 24.1 Å². The summed E-state index contributed by atoms with van der Waals surface area (Å²) >= 11 is 0. The number of nitrogens with one attached hydrogen (secondary N) is 1. The predicted octanol–water partition coefficient (Wildman–Crippen LogP) is 0.791. The van der Waals surface area contributed by atoms with Crippen LogP contribution in [0.2, 0.25) is 0 Å². The van der Waals surface area contributed by atoms with Gasteiger partial charge in [0.15, 0.2) is 11.5 Å². The lowest BCUT2D eigenvalue weighted by atomic mass is 10.2. The number of anilines is 1. The average molecular weight is 358 g/mol. The molecule has 1 atom stereocenters. The fourth-order valence-electron chi connectivity index (χ4n) is 3.26. The van der Waals surface area contributed by atoms with Crippen LogP contribution in [0.5, 0.6) is 17.2 Å². The van der Waals surface area contributed by atoms with Crippen molar-refractivity contribution in [1.82, 2.24) is 4.90 Å². The lowest BCUT2D eigenvalue weighted by Gasteiger charge is -2.32. The molecule has 0 saturated carbocycles. The SMILES string of the molecule is O[C@@H](COc1ccc2c(c1)OCO2)CN1CCN(c2cccc[nH+]2)CC1. The average Bonchev–Trinajstić information content (AvgIpc) is 3.15. The number of benzene rings is 1. The minimum Gasteiger partial charge on any atom is -0.491 e. The molecule has 2 aromatic rings. The highest BCUT2D eigenvalue weighted by Crippen LogP contribution is 2.35. The number of aliphatic hydroxyl groups is 1. The van der Waals surface area contributed by atoms with Gasteiger partial charge < -0.3 is 19.3 Å². The molecule has 2 aliphatic heterocycles. The fraction of sp³-hybridized carbons (Fsp3) is 0.421. The molecule has 0 bridgehead atoms. The molecule has 0 radical (unpaired) electrons. The van der Waals surface area contributed by atoms with E-state index >= 15 is 0 Å². The van der Waals surface area contributed by atoms with Gasteiger partial charge in [0.25, 0.3) is 5.82 Å². The quantitative estimate of drug-likeness (QED) is 0.824. The molecule has 7 nitrogen and oxygen atoms in total. The van der Waals surface area contributed by atoms with Crippen LogP contribution in [0, 0.1) is 0 Å². The molecule has 138 valence electrons. The Morgan fingerprint density at radius 3 is 2.73 bits per heavy atom. The zero-order chi connectivity index (χ0) is 17.8. The summed E-state index contributed by atoms with van der Waals surface area (Å²) in [6, 6.07) is 11.6. The monoisotopic (exact) mass is 358 g/mol. The van der Waals surface area contributed by atoms with Crippen LogP contribution >= 0.6 is 0 Å². The first-order valence-corrected chi connectivity index (χ1v) is 8.92. The Bertz CT molecular complexity index is 720. The van der Waals surface area contributed by atoms with E-state index in [1.54, 1.807) is 6.07 Å². The number of hydrogen-bond donors (Lipinski definition) is 1. The standard InChI is InChI=1S/C19H23N3O4/c23-15(13-24-16-4-5-17-18(11-16)26-14-25-17)12-21-7-9-22(10-8-21)19-3-1-2-6-20-19/h1-6,11,15,23H,7-10,12-14H2/p+1/t15-/m1/s1. The van der Waals surface area contributed by atoms with Crippen molar-refractivity contribution in [2.75, 3.05) is 51.0 Å². The number of hydrogen-bond acceptors (Lipinski definition) is 6. The summed E-state index contributed by atoms with van der Waals surface area (Å²) in [6.07, 6.45) is 1.41. The lowest BCUT2D eigenvalue weighted by Crippen LogP contribution is -2.50. The van der Waals surface area contributed by atoms with Crippen molar-refractivity contribution in [3.05, 3.63) is 42.6 Å². The lowest BCUT2D eigenvalue weighted by molar-refractivity contribution is -0.364. The molecule has 2 aliphatic rings. The third-order valence-corrected chi connectivity index (χ3v) is 4.66. The van der Waals surface area contributed by atoms with E-state index in [2.05, 4.69) is 20.9 Å². The highest BCUT2D eigenvalue weighted by atomic mass is 16.7. The first-order valence-electron chi connectivity index (χ1n) is 8.92. The maximum Gasteiger partial charge on any atom is 0.274 e. The van der Waals surface area contributed by atoms with E-state index in [4.69, 9.17) is 14.2 Å². The minimum absolute atomic E-state index is 0.244. The van der Waals surface area contributed by atoms with Gasteiger partial charge in [-0.2, -0.15) is 0 Å². The van der Waals surface area contributed by atoms with E-state index in [0.29, 0.717) is 18.0 Å². The number of pyridine rings is 1. The van der Waals surface area contributed by atoms with Crippen molar-refractivity contribution in [2.45, 2.75) is 6.10 Å². The van der Waals surface area contributed by atoms with Crippen molar-refractivity contribution in [3.63, 3.8) is 0 Å². The second-order valence-electron chi connectivity index (χ2n) is 6.52. The van der Waals surface area contributed by atoms with E-state index in [-0.39, 0.29) is 13.4 Å². The van der Waals surface area contributed by atoms with Crippen LogP contribution in [0.3, 0.4) is 0 Å². The summed E-state index contributed by atoms with van der Waals surface area (Å²) < 4.78 is 16.3. The topological polar surface area (TPSA) is 68.5 Å². The fourth-order valence-corrected chi connectivity index (χ4v) is 3.26. The van der Waals surface area contributed by atoms with E-state index in [0.717, 1.165) is 37.7 Å². The highest BCUT2D eigenvalue weighted by molar-refractivity contribution is 5.46. The van der Waals surface area contributed by atoms with Crippen molar-refractivity contribution in [1.29, 1.82) is 0 Å². The Hall–Kier alpha value is -2.51. The molecule has 3 heterocycles. The summed E-state index contributed by atoms with van der Waals surface area (Å²) in [6.45, 7) is 4.83. The minimum atomic E-state index is -0.532. The largest absolute Gasteiger partial charge is 0.491 e. The molecular formula is C19H24N3O4+. The smallest absolute Gasteiger partial charge is 0.274 e. The number of aliphatic hydroxyl groups excluding tert-OH is 1. The third kappa shape index (κ3) is 4.00. The first kappa shape index (κ1) is 16.9. The van der Waals surface area contributed by atoms with Crippen LogP contribution in [0.4, 0.5) is 5.82 Å². The maximum atomic E-state index is 10.3. The molecule has 0 amide bonds. The molecule has 0 unspecified atom stereocenters. The molecule has 2 N–H and O–H groups in total. The van der Waals surface area contributed by atoms with Gasteiger partial charge in [-0.05, 0) is 18.2 Å². The van der Waals surface area contributed by atoms with Gasteiger partial charge in [-0.25, -0.2) is 4.98 Å². The normalized spacial score (nSPS) is 18.0. The van der Waals surface area contributed by atoms with Crippen LogP contribution in [-0.2, 0) is 0 Å². The van der Waals surface area contributed by atoms with Crippen molar-refractivity contribution >= 4 is 5.82 Å². The molecule has 26 heavy (non-hydrogen) atoms. The number of nitrogens with zero attached hydrogens (tertiary/aromatic N) is 2. The molecule has 7 heteroatoms. The van der Waals surface area contributed by atoms with Crippen LogP contribution in [0.1, 0.15) is 0 Å². The number of fused-ring (bicyclic) bond motifs is 1. The van der Waals surface area contributed by atoms with E-state index in [1.165, 1.54) is 0 Å². The molecule has 1 aromatic heterocycles. The Kier molecular flexibility index (Phi) is 5.08. The summed E-state index contributed by atoms with van der Waals surface area (Å²) in [5.74, 6) is 3.23. The van der Waals surface area contributed by atoms with Crippen molar-refractivity contribution < 1.29 is 24.3 Å². The zero-order valence-corrected chi connectivity index (χ0v) is 14.6. The van der Waals surface area contributed by atoms with Gasteiger partial charge in [0.2, 0.25) is 6.79 Å². The van der Waals surface area contributed by atoms with Crippen molar-refractivity contribution in [3.8, 4) is 17.2 Å². The number of aromatic nitrogens is 1. The number of aromatic amines is 1. The molecule has 1 saturated heterocycles. The summed E-state index contributed by atoms with van der Waals surface area (Å²) in [5, 5.41) is 10.3. The predicted molar refractivity (Wildman–Crippen MR) is 95.7 cm³/mol. The Labute approximate surface area is 152 Å². The Morgan fingerprint density at radius 2 is 1.92 bits per heavy atom. The van der Waals surface area contributed by atoms with Crippen LogP contribution in [0.15, 0.2) is 42.6 Å². The maximum absolute atomic E-state index is 10.3. The number of rotatable bonds is 6. The van der Waals surface area contributed by atoms with Crippen LogP contribution in [-0.4, -0.2) is 62.2 Å². The van der Waals surface area contributed by atoms with Gasteiger partial charge >= 0.3 is 0 Å². The van der Waals surface area contributed by atoms with E-state index < -0.39 is 6.10 Å². The highest BCUT2D eigenvalue weighted by Gasteiger charge is 2.24. The summed E-state index contributed by atoms with van der Waals surface area (Å²) in [5.41, 5.74) is 0. The first-order chi connectivity index (χ1) is 12.8. The number of piperazine rings is 1. The molecule has 4 rings (SSSR count). The van der Waals surface area contributed by atoms with Gasteiger partial charge in [-0.3, -0.25) is 9.80 Å². The molecular weight excluding hydrogens is 334 g/mol. The van der Waals surface area contributed by atoms with Gasteiger partial charge in [-0.15, -0.1) is 0 Å². The Balaban J connectivity index is 1.21. The summed E-state index contributed by atoms with van der Waals surface area (Å²) in [4.78, 5) is 7.87. The Morgan fingerprint density at radius 1 is 1.08 bits per heavy atom. The second-order valence-corrected chi connectivity index (χ2v) is 6.52. The summed E-state index contributed by atoms with van der Waals surface area (Å²) in [7, 11) is 0. The molecule has 1 aromatic carbocycles. The van der Waals surface area contributed by atoms with E-state index in [1.807, 2.05) is 30.5 Å². The number of β-amino-alcohol motifs (C(OH)–C–C–N with tert-alkyl or cyclic N) is 1. The van der Waals surface area contributed by atoms with E-state index in [9.17, 15) is 5.11 Å². The number of H-pyrrole nitrogens is 1. The van der Waals surface area contributed by atoms with Gasteiger partial charge in [0.1, 0.15) is 18.5 Å². The zero-order valence-electron chi connectivity index (χ0n) is 14.6. The second kappa shape index (κ2) is 7.80. The van der Waals surface area contributed by atoms with Gasteiger partial charge in [-0.1, -0.05) is 6.07 Å². The molecule has 1 fully saturated rings.